The lowest BCUT2D eigenvalue weighted by atomic mass is 10.1. The van der Waals surface area contributed by atoms with E-state index in [9.17, 15) is 0 Å². The molecule has 2 N–H and O–H groups in total. The summed E-state index contributed by atoms with van der Waals surface area (Å²) in [7, 11) is 0. The van der Waals surface area contributed by atoms with Crippen molar-refractivity contribution >= 4 is 5.69 Å². The van der Waals surface area contributed by atoms with Gasteiger partial charge < -0.3 is 10.5 Å². The number of nitrogens with two attached hydrogens (primary N) is 1. The van der Waals surface area contributed by atoms with Crippen LogP contribution in [0.4, 0.5) is 5.69 Å². The van der Waals surface area contributed by atoms with Crippen LogP contribution in [0.1, 0.15) is 12.8 Å². The maximum atomic E-state index is 5.91. The van der Waals surface area contributed by atoms with Crippen molar-refractivity contribution in [2.75, 3.05) is 5.73 Å². The molecule has 1 aromatic heterocycles. The van der Waals surface area contributed by atoms with Gasteiger partial charge in [0.15, 0.2) is 0 Å². The van der Waals surface area contributed by atoms with E-state index >= 15 is 0 Å². The quantitative estimate of drug-likeness (QED) is 0.875. The summed E-state index contributed by atoms with van der Waals surface area (Å²) in [6.07, 6.45) is 6.27. The zero-order valence-electron chi connectivity index (χ0n) is 9.47. The number of nitrogens with zero attached hydrogens (tertiary/aromatic N) is 1. The second-order valence-electron chi connectivity index (χ2n) is 4.30. The number of aromatic nitrogens is 1. The lowest BCUT2D eigenvalue weighted by Crippen LogP contribution is -1.95. The Morgan fingerprint density at radius 2 is 1.88 bits per heavy atom. The molecule has 0 spiro atoms. The molecule has 1 aromatic carbocycles. The third-order valence-corrected chi connectivity index (χ3v) is 2.85. The lowest BCUT2D eigenvalue weighted by molar-refractivity contribution is 0.303. The van der Waals surface area contributed by atoms with Gasteiger partial charge in [0.25, 0.3) is 0 Å². The molecule has 86 valence electrons. The molecule has 0 atom stereocenters. The van der Waals surface area contributed by atoms with E-state index in [0.717, 1.165) is 22.6 Å². The smallest absolute Gasteiger partial charge is 0.119 e. The number of benzene rings is 1. The Balaban J connectivity index is 1.86. The van der Waals surface area contributed by atoms with Crippen LogP contribution in [0.15, 0.2) is 42.7 Å². The minimum Gasteiger partial charge on any atom is -0.490 e. The molecular formula is C14H14N2O. The number of ether oxygens (including phenoxy) is 1. The molecule has 0 bridgehead atoms. The Bertz CT molecular complexity index is 518. The van der Waals surface area contributed by atoms with E-state index in [0.29, 0.717) is 6.10 Å². The van der Waals surface area contributed by atoms with E-state index in [1.54, 1.807) is 12.4 Å². The predicted octanol–water partition coefficient (Wildman–Crippen LogP) is 2.87. The molecule has 3 rings (SSSR count). The highest BCUT2D eigenvalue weighted by Gasteiger charge is 2.23. The van der Waals surface area contributed by atoms with Gasteiger partial charge in [-0.05, 0) is 36.6 Å². The number of rotatable bonds is 3. The summed E-state index contributed by atoms with van der Waals surface area (Å²) < 4.78 is 5.70. The van der Waals surface area contributed by atoms with Gasteiger partial charge in [0.05, 0.1) is 6.10 Å². The third kappa shape index (κ3) is 2.23. The van der Waals surface area contributed by atoms with Crippen molar-refractivity contribution in [3.8, 4) is 16.9 Å². The Morgan fingerprint density at radius 3 is 2.53 bits per heavy atom. The fourth-order valence-electron chi connectivity index (χ4n) is 1.74. The maximum absolute atomic E-state index is 5.91. The lowest BCUT2D eigenvalue weighted by Gasteiger charge is -2.07. The number of nitrogen functional groups attached to an aromatic ring is 1. The zero-order chi connectivity index (χ0) is 11.7. The number of hydrogen-bond donors (Lipinski definition) is 1. The van der Waals surface area contributed by atoms with E-state index in [1.165, 1.54) is 12.8 Å². The Kier molecular flexibility index (Phi) is 2.44. The fraction of sp³-hybridized carbons (Fsp3) is 0.214. The van der Waals surface area contributed by atoms with Crippen LogP contribution in [0.5, 0.6) is 5.75 Å². The largest absolute Gasteiger partial charge is 0.490 e. The van der Waals surface area contributed by atoms with Crippen molar-refractivity contribution in [3.63, 3.8) is 0 Å². The van der Waals surface area contributed by atoms with E-state index in [4.69, 9.17) is 10.5 Å². The summed E-state index contributed by atoms with van der Waals surface area (Å²) >= 11 is 0. The van der Waals surface area contributed by atoms with Crippen LogP contribution in [-0.2, 0) is 0 Å². The second kappa shape index (κ2) is 4.09. The molecule has 1 aliphatic carbocycles. The molecule has 1 aliphatic rings. The SMILES string of the molecule is Nc1ccncc1-c1ccc(OC2CC2)cc1. The molecule has 0 unspecified atom stereocenters. The highest BCUT2D eigenvalue weighted by atomic mass is 16.5. The van der Waals surface area contributed by atoms with Gasteiger partial charge in [-0.25, -0.2) is 0 Å². The second-order valence-corrected chi connectivity index (χ2v) is 4.30. The summed E-state index contributed by atoms with van der Waals surface area (Å²) in [4.78, 5) is 4.09. The minimum absolute atomic E-state index is 0.435. The first-order chi connectivity index (χ1) is 8.33. The van der Waals surface area contributed by atoms with Crippen LogP contribution in [0.2, 0.25) is 0 Å². The highest BCUT2D eigenvalue weighted by molar-refractivity contribution is 5.75. The average Bonchev–Trinajstić information content (AvgIpc) is 3.15. The summed E-state index contributed by atoms with van der Waals surface area (Å²) in [5.41, 5.74) is 8.69. The molecule has 3 nitrogen and oxygen atoms in total. The molecule has 1 fully saturated rings. The van der Waals surface area contributed by atoms with Crippen molar-refractivity contribution in [1.82, 2.24) is 4.98 Å². The number of pyridine rings is 1. The highest BCUT2D eigenvalue weighted by Crippen LogP contribution is 2.30. The summed E-state index contributed by atoms with van der Waals surface area (Å²) in [6, 6.07) is 9.82. The van der Waals surface area contributed by atoms with Crippen molar-refractivity contribution in [2.45, 2.75) is 18.9 Å². The van der Waals surface area contributed by atoms with Crippen LogP contribution in [0.3, 0.4) is 0 Å². The van der Waals surface area contributed by atoms with Crippen molar-refractivity contribution in [3.05, 3.63) is 42.7 Å². The molecule has 1 saturated carbocycles. The van der Waals surface area contributed by atoms with Gasteiger partial charge in [0.2, 0.25) is 0 Å². The molecule has 0 aliphatic heterocycles. The van der Waals surface area contributed by atoms with Gasteiger partial charge in [-0.3, -0.25) is 4.98 Å². The molecule has 1 heterocycles. The normalized spacial score (nSPS) is 14.6. The van der Waals surface area contributed by atoms with Gasteiger partial charge >= 0.3 is 0 Å². The summed E-state index contributed by atoms with van der Waals surface area (Å²) in [5, 5.41) is 0. The first-order valence-electron chi connectivity index (χ1n) is 5.79. The van der Waals surface area contributed by atoms with E-state index in [-0.39, 0.29) is 0 Å². The van der Waals surface area contributed by atoms with Gasteiger partial charge in [-0.1, -0.05) is 12.1 Å². The third-order valence-electron chi connectivity index (χ3n) is 2.85. The fourth-order valence-corrected chi connectivity index (χ4v) is 1.74. The molecule has 17 heavy (non-hydrogen) atoms. The van der Waals surface area contributed by atoms with Crippen LogP contribution >= 0.6 is 0 Å². The zero-order valence-corrected chi connectivity index (χ0v) is 9.47. The van der Waals surface area contributed by atoms with Gasteiger partial charge in [0, 0.05) is 23.6 Å². The van der Waals surface area contributed by atoms with Crippen LogP contribution < -0.4 is 10.5 Å². The molecule has 0 saturated heterocycles. The summed E-state index contributed by atoms with van der Waals surface area (Å²) in [5.74, 6) is 0.929. The summed E-state index contributed by atoms with van der Waals surface area (Å²) in [6.45, 7) is 0. The standard InChI is InChI=1S/C14H14N2O/c15-14-7-8-16-9-13(14)10-1-3-11(4-2-10)17-12-5-6-12/h1-4,7-9,12H,5-6H2,(H2,15,16). The molecule has 2 aromatic rings. The maximum Gasteiger partial charge on any atom is 0.119 e. The van der Waals surface area contributed by atoms with E-state index in [2.05, 4.69) is 4.98 Å². The molecular weight excluding hydrogens is 212 g/mol. The Morgan fingerprint density at radius 1 is 1.12 bits per heavy atom. The van der Waals surface area contributed by atoms with Crippen molar-refractivity contribution in [2.24, 2.45) is 0 Å². The Hall–Kier alpha value is -2.03. The van der Waals surface area contributed by atoms with Gasteiger partial charge in [-0.2, -0.15) is 0 Å². The Labute approximate surface area is 100 Å². The molecule has 0 radical (unpaired) electrons. The van der Waals surface area contributed by atoms with E-state index < -0.39 is 0 Å². The van der Waals surface area contributed by atoms with Gasteiger partial charge in [0.1, 0.15) is 5.75 Å². The number of hydrogen-bond acceptors (Lipinski definition) is 3. The monoisotopic (exact) mass is 226 g/mol. The van der Waals surface area contributed by atoms with Crippen LogP contribution in [0.25, 0.3) is 11.1 Å². The topological polar surface area (TPSA) is 48.1 Å². The average molecular weight is 226 g/mol. The van der Waals surface area contributed by atoms with Gasteiger partial charge in [-0.15, -0.1) is 0 Å². The first-order valence-corrected chi connectivity index (χ1v) is 5.79. The number of anilines is 1. The molecule has 0 amide bonds. The van der Waals surface area contributed by atoms with Crippen molar-refractivity contribution < 1.29 is 4.74 Å². The predicted molar refractivity (Wildman–Crippen MR) is 67.7 cm³/mol. The van der Waals surface area contributed by atoms with Crippen LogP contribution in [-0.4, -0.2) is 11.1 Å². The van der Waals surface area contributed by atoms with Crippen LogP contribution in [0, 0.1) is 0 Å². The minimum atomic E-state index is 0.435. The van der Waals surface area contributed by atoms with Crippen molar-refractivity contribution in [1.29, 1.82) is 0 Å². The first kappa shape index (κ1) is 10.1. The molecule has 3 heteroatoms. The van der Waals surface area contributed by atoms with E-state index in [1.807, 2.05) is 30.3 Å².